The number of nitrogens with one attached hydrogen (secondary N) is 1. The molecule has 1 heterocycles. The zero-order chi connectivity index (χ0) is 16.7. The Morgan fingerprint density at radius 2 is 2.13 bits per heavy atom. The average molecular weight is 337 g/mol. The van der Waals surface area contributed by atoms with E-state index in [0.717, 1.165) is 11.4 Å². The average Bonchev–Trinajstić information content (AvgIpc) is 3.01. The first-order chi connectivity index (χ1) is 11.1. The highest BCUT2D eigenvalue weighted by molar-refractivity contribution is 6.30. The van der Waals surface area contributed by atoms with E-state index in [0.29, 0.717) is 31.0 Å². The molecule has 2 aromatic rings. The van der Waals surface area contributed by atoms with Gasteiger partial charge in [0.15, 0.2) is 5.82 Å². The molecule has 1 N–H and O–H groups in total. The minimum atomic E-state index is -0.202. The quantitative estimate of drug-likeness (QED) is 0.803. The van der Waals surface area contributed by atoms with Crippen LogP contribution in [-0.4, -0.2) is 34.4 Å². The van der Waals surface area contributed by atoms with E-state index >= 15 is 0 Å². The molecule has 0 aliphatic carbocycles. The van der Waals surface area contributed by atoms with Crippen LogP contribution >= 0.6 is 11.6 Å². The van der Waals surface area contributed by atoms with Crippen molar-refractivity contribution in [1.82, 2.24) is 20.1 Å². The minimum absolute atomic E-state index is 0.0197. The SMILES string of the molecule is COCCn1cnnc1[C@H](C)NC(=O)CCc1ccc(Cl)cc1. The van der Waals surface area contributed by atoms with E-state index in [2.05, 4.69) is 15.5 Å². The predicted molar refractivity (Wildman–Crippen MR) is 88.2 cm³/mol. The number of amides is 1. The number of aryl methyl sites for hydroxylation is 1. The Hall–Kier alpha value is -1.92. The van der Waals surface area contributed by atoms with Crippen LogP contribution in [0.3, 0.4) is 0 Å². The Morgan fingerprint density at radius 1 is 1.39 bits per heavy atom. The zero-order valence-electron chi connectivity index (χ0n) is 13.3. The van der Waals surface area contributed by atoms with Crippen LogP contribution < -0.4 is 5.32 Å². The first-order valence-electron chi connectivity index (χ1n) is 7.50. The summed E-state index contributed by atoms with van der Waals surface area (Å²) in [4.78, 5) is 12.1. The van der Waals surface area contributed by atoms with Crippen LogP contribution in [0.15, 0.2) is 30.6 Å². The van der Waals surface area contributed by atoms with Crippen molar-refractivity contribution in [2.75, 3.05) is 13.7 Å². The standard InChI is InChI=1S/C16H21ClN4O2/c1-12(16-20-18-11-21(16)9-10-23-2)19-15(22)8-5-13-3-6-14(17)7-4-13/h3-4,6-7,11-12H,5,8-10H2,1-2H3,(H,19,22)/t12-/m0/s1. The highest BCUT2D eigenvalue weighted by atomic mass is 35.5. The van der Waals surface area contributed by atoms with Crippen molar-refractivity contribution in [3.8, 4) is 0 Å². The molecule has 0 fully saturated rings. The Bertz CT molecular complexity index is 627. The summed E-state index contributed by atoms with van der Waals surface area (Å²) < 4.78 is 6.94. The molecular weight excluding hydrogens is 316 g/mol. The van der Waals surface area contributed by atoms with Crippen LogP contribution in [0.2, 0.25) is 5.02 Å². The lowest BCUT2D eigenvalue weighted by Gasteiger charge is -2.14. The Morgan fingerprint density at radius 3 is 2.83 bits per heavy atom. The summed E-state index contributed by atoms with van der Waals surface area (Å²) in [6.45, 7) is 3.12. The van der Waals surface area contributed by atoms with Gasteiger partial charge in [0.1, 0.15) is 6.33 Å². The van der Waals surface area contributed by atoms with E-state index in [1.54, 1.807) is 13.4 Å². The molecule has 124 valence electrons. The van der Waals surface area contributed by atoms with E-state index < -0.39 is 0 Å². The fourth-order valence-corrected chi connectivity index (χ4v) is 2.37. The molecule has 1 aromatic carbocycles. The second kappa shape index (κ2) is 8.64. The van der Waals surface area contributed by atoms with Gasteiger partial charge in [0, 0.05) is 25.1 Å². The molecule has 0 aliphatic heterocycles. The molecule has 23 heavy (non-hydrogen) atoms. The summed E-state index contributed by atoms with van der Waals surface area (Å²) in [5.74, 6) is 0.704. The highest BCUT2D eigenvalue weighted by Crippen LogP contribution is 2.12. The third-order valence-corrected chi connectivity index (χ3v) is 3.75. The van der Waals surface area contributed by atoms with Crippen molar-refractivity contribution in [2.24, 2.45) is 0 Å². The van der Waals surface area contributed by atoms with Crippen LogP contribution in [0, 0.1) is 0 Å². The van der Waals surface area contributed by atoms with Gasteiger partial charge in [-0.2, -0.15) is 0 Å². The van der Waals surface area contributed by atoms with E-state index in [9.17, 15) is 4.79 Å². The summed E-state index contributed by atoms with van der Waals surface area (Å²) in [5.41, 5.74) is 1.08. The van der Waals surface area contributed by atoms with Crippen molar-refractivity contribution < 1.29 is 9.53 Å². The fraction of sp³-hybridized carbons (Fsp3) is 0.438. The van der Waals surface area contributed by atoms with Gasteiger partial charge in [-0.25, -0.2) is 0 Å². The zero-order valence-corrected chi connectivity index (χ0v) is 14.1. The summed E-state index contributed by atoms with van der Waals surface area (Å²) in [6, 6.07) is 7.32. The first kappa shape index (κ1) is 17.4. The topological polar surface area (TPSA) is 69.0 Å². The number of aromatic nitrogens is 3. The number of carbonyl (C=O) groups excluding carboxylic acids is 1. The van der Waals surface area contributed by atoms with E-state index in [1.165, 1.54) is 0 Å². The molecule has 6 nitrogen and oxygen atoms in total. The van der Waals surface area contributed by atoms with Gasteiger partial charge in [-0.05, 0) is 31.0 Å². The molecule has 0 radical (unpaired) electrons. The predicted octanol–water partition coefficient (Wildman–Crippen LogP) is 2.39. The number of ether oxygens (including phenoxy) is 1. The number of benzene rings is 1. The molecule has 0 saturated carbocycles. The van der Waals surface area contributed by atoms with Crippen molar-refractivity contribution in [2.45, 2.75) is 32.4 Å². The Labute approximate surface area is 140 Å². The number of rotatable bonds is 8. The molecule has 0 bridgehead atoms. The maximum atomic E-state index is 12.1. The number of nitrogens with zero attached hydrogens (tertiary/aromatic N) is 3. The molecule has 0 unspecified atom stereocenters. The van der Waals surface area contributed by atoms with Crippen LogP contribution in [-0.2, 0) is 22.5 Å². The summed E-state index contributed by atoms with van der Waals surface area (Å²) in [7, 11) is 1.64. The van der Waals surface area contributed by atoms with Gasteiger partial charge >= 0.3 is 0 Å². The second-order valence-corrected chi connectivity index (χ2v) is 5.73. The van der Waals surface area contributed by atoms with Gasteiger partial charge in [0.2, 0.25) is 5.91 Å². The number of halogens is 1. The van der Waals surface area contributed by atoms with Crippen LogP contribution in [0.4, 0.5) is 0 Å². The number of hydrogen-bond acceptors (Lipinski definition) is 4. The van der Waals surface area contributed by atoms with Gasteiger partial charge in [-0.1, -0.05) is 23.7 Å². The monoisotopic (exact) mass is 336 g/mol. The molecule has 0 saturated heterocycles. The molecule has 1 amide bonds. The molecule has 7 heteroatoms. The van der Waals surface area contributed by atoms with E-state index in [1.807, 2.05) is 35.8 Å². The lowest BCUT2D eigenvalue weighted by atomic mass is 10.1. The van der Waals surface area contributed by atoms with Gasteiger partial charge in [0.05, 0.1) is 12.6 Å². The molecule has 1 atom stereocenters. The van der Waals surface area contributed by atoms with Crippen molar-refractivity contribution in [3.05, 3.63) is 47.0 Å². The van der Waals surface area contributed by atoms with Gasteiger partial charge in [0.25, 0.3) is 0 Å². The molecule has 2 rings (SSSR count). The van der Waals surface area contributed by atoms with Crippen LogP contribution in [0.5, 0.6) is 0 Å². The largest absolute Gasteiger partial charge is 0.383 e. The Kier molecular flexibility index (Phi) is 6.55. The van der Waals surface area contributed by atoms with Gasteiger partial charge < -0.3 is 14.6 Å². The summed E-state index contributed by atoms with van der Waals surface area (Å²) in [6.07, 6.45) is 2.73. The maximum Gasteiger partial charge on any atom is 0.220 e. The summed E-state index contributed by atoms with van der Waals surface area (Å²) in [5, 5.41) is 11.6. The Balaban J connectivity index is 1.84. The van der Waals surface area contributed by atoms with Crippen molar-refractivity contribution >= 4 is 17.5 Å². The molecular formula is C16H21ClN4O2. The molecule has 0 aliphatic rings. The smallest absolute Gasteiger partial charge is 0.220 e. The maximum absolute atomic E-state index is 12.1. The third-order valence-electron chi connectivity index (χ3n) is 3.50. The van der Waals surface area contributed by atoms with E-state index in [-0.39, 0.29) is 11.9 Å². The number of carbonyl (C=O) groups is 1. The van der Waals surface area contributed by atoms with Crippen LogP contribution in [0.1, 0.15) is 30.8 Å². The molecule has 1 aromatic heterocycles. The second-order valence-electron chi connectivity index (χ2n) is 5.29. The fourth-order valence-electron chi connectivity index (χ4n) is 2.25. The number of hydrogen-bond donors (Lipinski definition) is 1. The lowest BCUT2D eigenvalue weighted by molar-refractivity contribution is -0.121. The van der Waals surface area contributed by atoms with Crippen molar-refractivity contribution in [3.63, 3.8) is 0 Å². The van der Waals surface area contributed by atoms with E-state index in [4.69, 9.17) is 16.3 Å². The van der Waals surface area contributed by atoms with Gasteiger partial charge in [-0.3, -0.25) is 4.79 Å². The van der Waals surface area contributed by atoms with Crippen LogP contribution in [0.25, 0.3) is 0 Å². The normalized spacial score (nSPS) is 12.1. The lowest BCUT2D eigenvalue weighted by Crippen LogP contribution is -2.29. The molecule has 0 spiro atoms. The van der Waals surface area contributed by atoms with Crippen molar-refractivity contribution in [1.29, 1.82) is 0 Å². The summed E-state index contributed by atoms with van der Waals surface area (Å²) >= 11 is 5.85. The highest BCUT2D eigenvalue weighted by Gasteiger charge is 2.15. The van der Waals surface area contributed by atoms with Gasteiger partial charge in [-0.15, -0.1) is 10.2 Å². The number of methoxy groups -OCH3 is 1. The third kappa shape index (κ3) is 5.33. The minimum Gasteiger partial charge on any atom is -0.383 e. The first-order valence-corrected chi connectivity index (χ1v) is 7.88.